The molecule has 0 bridgehead atoms. The van der Waals surface area contributed by atoms with Crippen LogP contribution in [0.2, 0.25) is 0 Å². The fourth-order valence-electron chi connectivity index (χ4n) is 2.56. The van der Waals surface area contributed by atoms with Crippen molar-refractivity contribution in [3.05, 3.63) is 29.3 Å². The fraction of sp³-hybridized carbons (Fsp3) is 0.600. The highest BCUT2D eigenvalue weighted by atomic mass is 15.1. The summed E-state index contributed by atoms with van der Waals surface area (Å²) in [6.07, 6.45) is 1.40. The predicted octanol–water partition coefficient (Wildman–Crippen LogP) is 2.81. The molecule has 1 aromatic carbocycles. The molecule has 1 fully saturated rings. The molecule has 94 valence electrons. The summed E-state index contributed by atoms with van der Waals surface area (Å²) in [7, 11) is 4.20. The van der Waals surface area contributed by atoms with Gasteiger partial charge in [0.1, 0.15) is 0 Å². The van der Waals surface area contributed by atoms with Crippen molar-refractivity contribution in [2.24, 2.45) is 11.8 Å². The molecule has 1 aliphatic rings. The van der Waals surface area contributed by atoms with Gasteiger partial charge in [0.15, 0.2) is 0 Å². The standard InChI is InChI=1S/C15H24N2/c1-11-8-14(11)10-17(4)15-6-5-13(9-16-3)7-12(15)2/h5-7,11,14,16H,8-10H2,1-4H3. The summed E-state index contributed by atoms with van der Waals surface area (Å²) >= 11 is 0. The van der Waals surface area contributed by atoms with E-state index in [4.69, 9.17) is 0 Å². The molecule has 2 rings (SSSR count). The second-order valence-corrected chi connectivity index (χ2v) is 5.50. The van der Waals surface area contributed by atoms with Crippen molar-refractivity contribution >= 4 is 5.69 Å². The zero-order chi connectivity index (χ0) is 12.4. The number of benzene rings is 1. The van der Waals surface area contributed by atoms with Crippen LogP contribution >= 0.6 is 0 Å². The van der Waals surface area contributed by atoms with E-state index in [9.17, 15) is 0 Å². The highest BCUT2D eigenvalue weighted by molar-refractivity contribution is 5.54. The van der Waals surface area contributed by atoms with Gasteiger partial charge >= 0.3 is 0 Å². The first kappa shape index (κ1) is 12.4. The van der Waals surface area contributed by atoms with Crippen molar-refractivity contribution in [1.82, 2.24) is 5.32 Å². The summed E-state index contributed by atoms with van der Waals surface area (Å²) in [5, 5.41) is 3.19. The Labute approximate surface area is 105 Å². The number of nitrogens with zero attached hydrogens (tertiary/aromatic N) is 1. The van der Waals surface area contributed by atoms with Crippen LogP contribution in [0.25, 0.3) is 0 Å². The van der Waals surface area contributed by atoms with Crippen molar-refractivity contribution in [2.75, 3.05) is 25.5 Å². The molecule has 0 radical (unpaired) electrons. The number of hydrogen-bond donors (Lipinski definition) is 1. The highest BCUT2D eigenvalue weighted by Gasteiger charge is 2.33. The summed E-state index contributed by atoms with van der Waals surface area (Å²) < 4.78 is 0. The molecule has 0 spiro atoms. The Morgan fingerprint density at radius 1 is 1.41 bits per heavy atom. The van der Waals surface area contributed by atoms with Gasteiger partial charge in [-0.05, 0) is 49.4 Å². The lowest BCUT2D eigenvalue weighted by Crippen LogP contribution is -2.21. The van der Waals surface area contributed by atoms with Crippen LogP contribution in [0.3, 0.4) is 0 Å². The van der Waals surface area contributed by atoms with E-state index >= 15 is 0 Å². The Kier molecular flexibility index (Phi) is 3.72. The minimum absolute atomic E-state index is 0.913. The van der Waals surface area contributed by atoms with E-state index in [0.717, 1.165) is 18.4 Å². The van der Waals surface area contributed by atoms with Crippen molar-refractivity contribution < 1.29 is 0 Å². The molecule has 1 aromatic rings. The van der Waals surface area contributed by atoms with E-state index in [1.807, 2.05) is 7.05 Å². The third-order valence-corrected chi connectivity index (χ3v) is 3.84. The molecule has 2 heteroatoms. The summed E-state index contributed by atoms with van der Waals surface area (Å²) in [6.45, 7) is 6.71. The van der Waals surface area contributed by atoms with E-state index in [1.165, 1.54) is 29.8 Å². The fourth-order valence-corrected chi connectivity index (χ4v) is 2.56. The van der Waals surface area contributed by atoms with Crippen LogP contribution in [-0.2, 0) is 6.54 Å². The van der Waals surface area contributed by atoms with Crippen LogP contribution in [0.1, 0.15) is 24.5 Å². The average molecular weight is 232 g/mol. The Balaban J connectivity index is 2.04. The molecule has 2 unspecified atom stereocenters. The SMILES string of the molecule is CNCc1ccc(N(C)CC2CC2C)c(C)c1. The van der Waals surface area contributed by atoms with Gasteiger partial charge in [0, 0.05) is 25.8 Å². The van der Waals surface area contributed by atoms with Gasteiger partial charge in [0.25, 0.3) is 0 Å². The predicted molar refractivity (Wildman–Crippen MR) is 74.5 cm³/mol. The van der Waals surface area contributed by atoms with Crippen molar-refractivity contribution in [1.29, 1.82) is 0 Å². The van der Waals surface area contributed by atoms with Gasteiger partial charge in [0.2, 0.25) is 0 Å². The van der Waals surface area contributed by atoms with Crippen LogP contribution in [0.5, 0.6) is 0 Å². The largest absolute Gasteiger partial charge is 0.374 e. The van der Waals surface area contributed by atoms with E-state index < -0.39 is 0 Å². The third kappa shape index (κ3) is 3.01. The summed E-state index contributed by atoms with van der Waals surface area (Å²) in [4.78, 5) is 2.41. The van der Waals surface area contributed by atoms with Crippen LogP contribution in [0, 0.1) is 18.8 Å². The smallest absolute Gasteiger partial charge is 0.0393 e. The van der Waals surface area contributed by atoms with E-state index in [2.05, 4.69) is 49.3 Å². The zero-order valence-electron chi connectivity index (χ0n) is 11.5. The first-order chi connectivity index (χ1) is 8.11. The maximum atomic E-state index is 3.19. The molecule has 0 aromatic heterocycles. The zero-order valence-corrected chi connectivity index (χ0v) is 11.5. The molecule has 0 saturated heterocycles. The van der Waals surface area contributed by atoms with Gasteiger partial charge < -0.3 is 10.2 Å². The molecule has 0 amide bonds. The van der Waals surface area contributed by atoms with Crippen LogP contribution in [-0.4, -0.2) is 20.6 Å². The average Bonchev–Trinajstić information content (AvgIpc) is 2.94. The molecule has 1 N–H and O–H groups in total. The number of aryl methyl sites for hydroxylation is 1. The molecule has 2 atom stereocenters. The third-order valence-electron chi connectivity index (χ3n) is 3.84. The number of rotatable bonds is 5. The number of hydrogen-bond acceptors (Lipinski definition) is 2. The summed E-state index contributed by atoms with van der Waals surface area (Å²) in [6, 6.07) is 6.78. The minimum atomic E-state index is 0.913. The van der Waals surface area contributed by atoms with Crippen LogP contribution in [0.15, 0.2) is 18.2 Å². The van der Waals surface area contributed by atoms with E-state index in [1.54, 1.807) is 0 Å². The molecule has 2 nitrogen and oxygen atoms in total. The van der Waals surface area contributed by atoms with Crippen molar-refractivity contribution in [3.63, 3.8) is 0 Å². The van der Waals surface area contributed by atoms with Crippen molar-refractivity contribution in [2.45, 2.75) is 26.8 Å². The van der Waals surface area contributed by atoms with Crippen molar-refractivity contribution in [3.8, 4) is 0 Å². The second kappa shape index (κ2) is 5.09. The van der Waals surface area contributed by atoms with Gasteiger partial charge in [-0.2, -0.15) is 0 Å². The first-order valence-corrected chi connectivity index (χ1v) is 6.57. The van der Waals surface area contributed by atoms with Gasteiger partial charge in [-0.25, -0.2) is 0 Å². The van der Waals surface area contributed by atoms with Gasteiger partial charge in [-0.1, -0.05) is 19.1 Å². The first-order valence-electron chi connectivity index (χ1n) is 6.57. The molecular formula is C15H24N2. The normalized spacial score (nSPS) is 22.6. The number of nitrogens with one attached hydrogen (secondary N) is 1. The molecular weight excluding hydrogens is 208 g/mol. The minimum Gasteiger partial charge on any atom is -0.374 e. The van der Waals surface area contributed by atoms with E-state index in [-0.39, 0.29) is 0 Å². The lowest BCUT2D eigenvalue weighted by Gasteiger charge is -2.22. The highest BCUT2D eigenvalue weighted by Crippen LogP contribution is 2.39. The molecule has 0 aliphatic heterocycles. The van der Waals surface area contributed by atoms with Gasteiger partial charge in [-0.3, -0.25) is 0 Å². The maximum Gasteiger partial charge on any atom is 0.0393 e. The van der Waals surface area contributed by atoms with Gasteiger partial charge in [-0.15, -0.1) is 0 Å². The topological polar surface area (TPSA) is 15.3 Å². The Morgan fingerprint density at radius 2 is 2.12 bits per heavy atom. The molecule has 0 heterocycles. The second-order valence-electron chi connectivity index (χ2n) is 5.50. The monoisotopic (exact) mass is 232 g/mol. The number of anilines is 1. The quantitative estimate of drug-likeness (QED) is 0.840. The van der Waals surface area contributed by atoms with Crippen LogP contribution < -0.4 is 10.2 Å². The Morgan fingerprint density at radius 3 is 2.65 bits per heavy atom. The lowest BCUT2D eigenvalue weighted by molar-refractivity contribution is 0.724. The van der Waals surface area contributed by atoms with Gasteiger partial charge in [0.05, 0.1) is 0 Å². The molecule has 17 heavy (non-hydrogen) atoms. The van der Waals surface area contributed by atoms with E-state index in [0.29, 0.717) is 0 Å². The Bertz CT molecular complexity index is 387. The molecule has 1 saturated carbocycles. The van der Waals surface area contributed by atoms with Crippen LogP contribution in [0.4, 0.5) is 5.69 Å². The Hall–Kier alpha value is -1.02. The molecule has 1 aliphatic carbocycles. The summed E-state index contributed by atoms with van der Waals surface area (Å²) in [5.41, 5.74) is 4.12. The summed E-state index contributed by atoms with van der Waals surface area (Å²) in [5.74, 6) is 1.85. The maximum absolute atomic E-state index is 3.19. The lowest BCUT2D eigenvalue weighted by atomic mass is 10.1.